The van der Waals surface area contributed by atoms with Crippen molar-refractivity contribution in [1.82, 2.24) is 24.4 Å². The van der Waals surface area contributed by atoms with Gasteiger partial charge in [0.25, 0.3) is 12.9 Å². The fourth-order valence-electron chi connectivity index (χ4n) is 5.42. The van der Waals surface area contributed by atoms with Crippen molar-refractivity contribution < 1.29 is 39.6 Å². The first kappa shape index (κ1) is 33.1. The molecule has 0 unspecified atom stereocenters. The highest BCUT2D eigenvalue weighted by Gasteiger charge is 2.28. The number of amides is 1. The third-order valence-electron chi connectivity index (χ3n) is 7.55. The number of hydrogen-bond donors (Lipinski definition) is 1. The van der Waals surface area contributed by atoms with E-state index in [1.807, 2.05) is 0 Å². The summed E-state index contributed by atoms with van der Waals surface area (Å²) in [5, 5.41) is 6.06. The van der Waals surface area contributed by atoms with Gasteiger partial charge in [-0.3, -0.25) is 14.5 Å². The molecule has 1 atom stereocenters. The second kappa shape index (κ2) is 14.0. The molecule has 15 heteroatoms. The summed E-state index contributed by atoms with van der Waals surface area (Å²) in [6, 6.07) is 11.5. The smallest absolute Gasteiger partial charge is 0.282 e. The zero-order chi connectivity index (χ0) is 33.0. The van der Waals surface area contributed by atoms with Crippen LogP contribution in [0.15, 0.2) is 71.8 Å². The molecule has 0 spiro atoms. The van der Waals surface area contributed by atoms with E-state index in [2.05, 4.69) is 15.4 Å². The van der Waals surface area contributed by atoms with Crippen LogP contribution in [-0.4, -0.2) is 46.5 Å². The molecule has 46 heavy (non-hydrogen) atoms. The molecule has 1 aliphatic rings. The van der Waals surface area contributed by atoms with E-state index >= 15 is 0 Å². The van der Waals surface area contributed by atoms with E-state index in [0.717, 1.165) is 31.4 Å². The Kier molecular flexibility index (Phi) is 10.1. The first-order valence-corrected chi connectivity index (χ1v) is 15.8. The summed E-state index contributed by atoms with van der Waals surface area (Å²) in [6.07, 6.45) is -2.62. The third-order valence-corrected chi connectivity index (χ3v) is 9.47. The number of carbonyl (C=O) groups is 1. The Morgan fingerprint density at radius 1 is 0.891 bits per heavy atom. The second-order valence-corrected chi connectivity index (χ2v) is 12.7. The van der Waals surface area contributed by atoms with Gasteiger partial charge in [0.05, 0.1) is 16.6 Å². The quantitative estimate of drug-likeness (QED) is 0.188. The summed E-state index contributed by atoms with van der Waals surface area (Å²) in [7, 11) is -3.71. The number of alkyl halides is 4. The Balaban J connectivity index is 1.47. The molecule has 1 amide bonds. The molecule has 1 aliphatic heterocycles. The van der Waals surface area contributed by atoms with Gasteiger partial charge in [-0.1, -0.05) is 24.6 Å². The fourth-order valence-corrected chi connectivity index (χ4v) is 6.93. The number of carbonyl (C=O) groups excluding carboxylic acids is 1. The van der Waals surface area contributed by atoms with Crippen molar-refractivity contribution in [3.8, 4) is 11.1 Å². The SMILES string of the molecule is O=C(Cn1nc(C(F)F)cc1C(F)F)N[C@@H](Cc1cc(F)cc(F)c1)c1ncccc1-c1ccc(S(=O)(=O)N2CCCCC2)cc1. The third kappa shape index (κ3) is 7.58. The Bertz CT molecular complexity index is 1770. The minimum absolute atomic E-state index is 0.0981. The molecule has 0 aliphatic carbocycles. The van der Waals surface area contributed by atoms with E-state index in [9.17, 15) is 39.6 Å². The summed E-state index contributed by atoms with van der Waals surface area (Å²) in [4.78, 5) is 17.7. The van der Waals surface area contributed by atoms with Crippen LogP contribution in [0.25, 0.3) is 11.1 Å². The molecule has 0 saturated carbocycles. The standard InChI is InChI=1S/C31H29F6N5O3S/c32-21-13-19(14-22(33)16-21)15-25(39-28(43)18-42-27(31(36)37)17-26(40-42)30(34)35)29-24(5-4-10-38-29)20-6-8-23(9-7-20)46(44,45)41-11-2-1-3-12-41/h4-10,13-14,16-17,25,30-31H,1-3,11-12,15,18H2,(H,39,43)/t25-/m0/s1. The van der Waals surface area contributed by atoms with Crippen molar-refractivity contribution in [3.05, 3.63) is 101 Å². The van der Waals surface area contributed by atoms with Gasteiger partial charge in [-0.05, 0) is 66.8 Å². The van der Waals surface area contributed by atoms with E-state index in [-0.39, 0.29) is 22.6 Å². The molecular formula is C31H29F6N5O3S. The van der Waals surface area contributed by atoms with Crippen LogP contribution in [0.4, 0.5) is 26.3 Å². The van der Waals surface area contributed by atoms with Crippen LogP contribution in [0.1, 0.15) is 60.8 Å². The number of pyridine rings is 1. The van der Waals surface area contributed by atoms with Gasteiger partial charge in [0.2, 0.25) is 15.9 Å². The van der Waals surface area contributed by atoms with Crippen LogP contribution in [-0.2, 0) is 27.8 Å². The highest BCUT2D eigenvalue weighted by Crippen LogP contribution is 2.31. The molecule has 8 nitrogen and oxygen atoms in total. The average molecular weight is 666 g/mol. The lowest BCUT2D eigenvalue weighted by molar-refractivity contribution is -0.122. The van der Waals surface area contributed by atoms with Gasteiger partial charge >= 0.3 is 0 Å². The molecule has 0 bridgehead atoms. The predicted octanol–water partition coefficient (Wildman–Crippen LogP) is 6.37. The molecular weight excluding hydrogens is 636 g/mol. The van der Waals surface area contributed by atoms with Gasteiger partial charge in [-0.2, -0.15) is 9.40 Å². The average Bonchev–Trinajstić information content (AvgIpc) is 3.45. The van der Waals surface area contributed by atoms with Crippen molar-refractivity contribution in [2.75, 3.05) is 13.1 Å². The number of benzene rings is 2. The van der Waals surface area contributed by atoms with E-state index in [4.69, 9.17) is 0 Å². The van der Waals surface area contributed by atoms with Crippen LogP contribution >= 0.6 is 0 Å². The Morgan fingerprint density at radius 2 is 1.57 bits per heavy atom. The van der Waals surface area contributed by atoms with Gasteiger partial charge < -0.3 is 5.32 Å². The minimum atomic E-state index is -3.71. The van der Waals surface area contributed by atoms with E-state index in [1.165, 1.54) is 22.6 Å². The topological polar surface area (TPSA) is 97.2 Å². The predicted molar refractivity (Wildman–Crippen MR) is 155 cm³/mol. The van der Waals surface area contributed by atoms with Gasteiger partial charge in [0.15, 0.2) is 0 Å². The number of sulfonamides is 1. The van der Waals surface area contributed by atoms with Crippen molar-refractivity contribution in [2.24, 2.45) is 0 Å². The van der Waals surface area contributed by atoms with Gasteiger partial charge in [-0.25, -0.2) is 34.8 Å². The van der Waals surface area contributed by atoms with E-state index in [1.54, 1.807) is 24.3 Å². The highest BCUT2D eigenvalue weighted by molar-refractivity contribution is 7.89. The lowest BCUT2D eigenvalue weighted by Gasteiger charge is -2.26. The molecule has 4 aromatic rings. The molecule has 1 saturated heterocycles. The first-order chi connectivity index (χ1) is 21.9. The van der Waals surface area contributed by atoms with Crippen LogP contribution in [0.5, 0.6) is 0 Å². The molecule has 2 aromatic carbocycles. The second-order valence-electron chi connectivity index (χ2n) is 10.8. The van der Waals surface area contributed by atoms with Crippen molar-refractivity contribution in [3.63, 3.8) is 0 Å². The minimum Gasteiger partial charge on any atom is -0.346 e. The molecule has 1 N–H and O–H groups in total. The number of rotatable bonds is 11. The van der Waals surface area contributed by atoms with Crippen LogP contribution in [0, 0.1) is 11.6 Å². The lowest BCUT2D eigenvalue weighted by atomic mass is 9.95. The number of aromatic nitrogens is 3. The Hall–Kier alpha value is -4.24. The maximum absolute atomic E-state index is 14.1. The molecule has 2 aromatic heterocycles. The van der Waals surface area contributed by atoms with Crippen LogP contribution < -0.4 is 5.32 Å². The van der Waals surface area contributed by atoms with Crippen molar-refractivity contribution >= 4 is 15.9 Å². The molecule has 3 heterocycles. The molecule has 5 rings (SSSR count). The highest BCUT2D eigenvalue weighted by atomic mass is 32.2. The summed E-state index contributed by atoms with van der Waals surface area (Å²) in [5.74, 6) is -2.65. The zero-order valence-electron chi connectivity index (χ0n) is 24.2. The number of halogens is 6. The Morgan fingerprint density at radius 3 is 2.20 bits per heavy atom. The summed E-state index contributed by atoms with van der Waals surface area (Å²) in [6.45, 7) is 0.00495. The maximum atomic E-state index is 14.1. The maximum Gasteiger partial charge on any atom is 0.282 e. The molecule has 1 fully saturated rings. The monoisotopic (exact) mass is 665 g/mol. The Labute approximate surface area is 261 Å². The van der Waals surface area contributed by atoms with Gasteiger partial charge in [0, 0.05) is 30.9 Å². The zero-order valence-corrected chi connectivity index (χ0v) is 25.0. The van der Waals surface area contributed by atoms with Crippen molar-refractivity contribution in [2.45, 2.75) is 56.0 Å². The van der Waals surface area contributed by atoms with Crippen LogP contribution in [0.3, 0.4) is 0 Å². The fraction of sp³-hybridized carbons (Fsp3) is 0.323. The van der Waals surface area contributed by atoms with E-state index < -0.39 is 64.4 Å². The first-order valence-electron chi connectivity index (χ1n) is 14.4. The molecule has 244 valence electrons. The lowest BCUT2D eigenvalue weighted by Crippen LogP contribution is -2.35. The number of nitrogens with one attached hydrogen (secondary N) is 1. The summed E-state index contributed by atoms with van der Waals surface area (Å²) >= 11 is 0. The number of hydrogen-bond acceptors (Lipinski definition) is 5. The van der Waals surface area contributed by atoms with Gasteiger partial charge in [-0.15, -0.1) is 0 Å². The number of piperidine rings is 1. The molecule has 0 radical (unpaired) electrons. The number of nitrogens with zero attached hydrogens (tertiary/aromatic N) is 4. The summed E-state index contributed by atoms with van der Waals surface area (Å²) in [5.41, 5.74) is -0.498. The van der Waals surface area contributed by atoms with Crippen molar-refractivity contribution in [1.29, 1.82) is 0 Å². The largest absolute Gasteiger partial charge is 0.346 e. The summed E-state index contributed by atoms with van der Waals surface area (Å²) < 4.78 is 110. The van der Waals surface area contributed by atoms with Crippen LogP contribution in [0.2, 0.25) is 0 Å². The van der Waals surface area contributed by atoms with Gasteiger partial charge in [0.1, 0.15) is 29.6 Å². The van der Waals surface area contributed by atoms with E-state index in [0.29, 0.717) is 41.0 Å². The normalized spacial score (nSPS) is 15.0.